The van der Waals surface area contributed by atoms with Crippen LogP contribution in [-0.2, 0) is 0 Å². The Hall–Kier alpha value is -1.86. The number of nitrogens with zero attached hydrogens (tertiary/aromatic N) is 1. The van der Waals surface area contributed by atoms with Gasteiger partial charge in [-0.05, 0) is 6.07 Å². The Balaban J connectivity index is 2.79. The third-order valence-corrected chi connectivity index (χ3v) is 1.80. The number of benzene rings is 1. The lowest BCUT2D eigenvalue weighted by Gasteiger charge is -2.15. The van der Waals surface area contributed by atoms with Crippen molar-refractivity contribution in [1.29, 1.82) is 0 Å². The van der Waals surface area contributed by atoms with Crippen LogP contribution in [0.1, 0.15) is 0 Å². The predicted molar refractivity (Wildman–Crippen MR) is 49.5 cm³/mol. The molecule has 1 aromatic carbocycles. The van der Waals surface area contributed by atoms with Crippen LogP contribution < -0.4 is 4.74 Å². The van der Waals surface area contributed by atoms with E-state index in [1.807, 2.05) is 0 Å². The van der Waals surface area contributed by atoms with Gasteiger partial charge >= 0.3 is 18.0 Å². The molecule has 0 unspecified atom stereocenters. The highest BCUT2D eigenvalue weighted by Crippen LogP contribution is 2.29. The molecule has 0 N–H and O–H groups in total. The Morgan fingerprint density at radius 3 is 2.47 bits per heavy atom. The largest absolute Gasteiger partial charge is 0.480 e. The predicted octanol–water partition coefficient (Wildman–Crippen LogP) is 2.87. The van der Waals surface area contributed by atoms with Crippen LogP contribution in [-0.4, -0.2) is 23.9 Å². The van der Waals surface area contributed by atoms with Crippen LogP contribution >= 0.6 is 0 Å². The molecule has 0 spiro atoms. The first-order valence-electron chi connectivity index (χ1n) is 4.37. The number of halogens is 4. The van der Waals surface area contributed by atoms with Crippen molar-refractivity contribution < 1.29 is 27.2 Å². The molecule has 0 heterocycles. The zero-order chi connectivity index (χ0) is 13.1. The second kappa shape index (κ2) is 4.98. The van der Waals surface area contributed by atoms with Gasteiger partial charge in [0, 0.05) is 6.07 Å². The van der Waals surface area contributed by atoms with Gasteiger partial charge in [0.2, 0.25) is 0 Å². The Labute approximate surface area is 93.0 Å². The van der Waals surface area contributed by atoms with E-state index in [0.717, 1.165) is 12.1 Å². The maximum Gasteiger partial charge on any atom is 0.340 e. The number of alkyl halides is 4. The molecule has 0 fully saturated rings. The molecule has 0 saturated carbocycles. The molecule has 0 aliphatic rings. The van der Waals surface area contributed by atoms with E-state index in [1.165, 1.54) is 12.1 Å². The topological polar surface area (TPSA) is 52.4 Å². The Morgan fingerprint density at radius 2 is 1.94 bits per heavy atom. The third-order valence-electron chi connectivity index (χ3n) is 1.80. The molecule has 4 nitrogen and oxygen atoms in total. The summed E-state index contributed by atoms with van der Waals surface area (Å²) >= 11 is 0. The number of rotatable bonds is 5. The van der Waals surface area contributed by atoms with E-state index >= 15 is 0 Å². The molecule has 17 heavy (non-hydrogen) atoms. The van der Waals surface area contributed by atoms with Crippen LogP contribution in [0.3, 0.4) is 0 Å². The molecule has 0 aromatic heterocycles. The van der Waals surface area contributed by atoms with Gasteiger partial charge in [-0.3, -0.25) is 10.1 Å². The number of hydrogen-bond acceptors (Lipinski definition) is 3. The van der Waals surface area contributed by atoms with E-state index in [9.17, 15) is 27.7 Å². The second-order valence-electron chi connectivity index (χ2n) is 3.08. The molecule has 0 atom stereocenters. The molecule has 1 rings (SSSR count). The molecular weight excluding hydrogens is 246 g/mol. The quantitative estimate of drug-likeness (QED) is 0.460. The van der Waals surface area contributed by atoms with Crippen molar-refractivity contribution in [2.24, 2.45) is 0 Å². The molecule has 0 aliphatic carbocycles. The lowest BCUT2D eigenvalue weighted by molar-refractivity contribution is -0.386. The summed E-state index contributed by atoms with van der Waals surface area (Å²) in [5.41, 5.74) is -0.558. The summed E-state index contributed by atoms with van der Waals surface area (Å²) < 4.78 is 53.0. The molecule has 0 amide bonds. The minimum absolute atomic E-state index is 0.474. The van der Waals surface area contributed by atoms with Crippen LogP contribution in [0.25, 0.3) is 0 Å². The molecule has 94 valence electrons. The van der Waals surface area contributed by atoms with E-state index in [4.69, 9.17) is 0 Å². The molecule has 0 bridgehead atoms. The lowest BCUT2D eigenvalue weighted by atomic mass is 10.3. The van der Waals surface area contributed by atoms with Crippen molar-refractivity contribution in [3.63, 3.8) is 0 Å². The van der Waals surface area contributed by atoms with Gasteiger partial charge in [-0.15, -0.1) is 0 Å². The SMILES string of the molecule is O=[N+]([O-])c1ccccc1OCC(F)(F)C(F)F. The van der Waals surface area contributed by atoms with E-state index < -0.39 is 35.3 Å². The fraction of sp³-hybridized carbons (Fsp3) is 0.333. The minimum Gasteiger partial charge on any atom is -0.480 e. The first-order valence-corrected chi connectivity index (χ1v) is 4.37. The van der Waals surface area contributed by atoms with Gasteiger partial charge in [-0.2, -0.15) is 8.78 Å². The Morgan fingerprint density at radius 1 is 1.35 bits per heavy atom. The Kier molecular flexibility index (Phi) is 3.87. The zero-order valence-electron chi connectivity index (χ0n) is 8.28. The van der Waals surface area contributed by atoms with Crippen molar-refractivity contribution in [1.82, 2.24) is 0 Å². The fourth-order valence-electron chi connectivity index (χ4n) is 0.967. The molecule has 0 saturated heterocycles. The molecular formula is C9H7F4NO3. The van der Waals surface area contributed by atoms with Gasteiger partial charge in [-0.25, -0.2) is 8.78 Å². The first kappa shape index (κ1) is 13.2. The van der Waals surface area contributed by atoms with Gasteiger partial charge in [0.05, 0.1) is 4.92 Å². The number of nitro benzene ring substituents is 1. The maximum absolute atomic E-state index is 12.5. The van der Waals surface area contributed by atoms with Gasteiger partial charge in [0.25, 0.3) is 0 Å². The summed E-state index contributed by atoms with van der Waals surface area (Å²) in [6, 6.07) is 4.69. The summed E-state index contributed by atoms with van der Waals surface area (Å²) in [6.07, 6.45) is -3.88. The molecule has 0 radical (unpaired) electrons. The van der Waals surface area contributed by atoms with Crippen LogP contribution in [0.15, 0.2) is 24.3 Å². The highest BCUT2D eigenvalue weighted by Gasteiger charge is 2.42. The van der Waals surface area contributed by atoms with Crippen LogP contribution in [0.5, 0.6) is 5.75 Å². The van der Waals surface area contributed by atoms with Gasteiger partial charge < -0.3 is 4.74 Å². The van der Waals surface area contributed by atoms with Crippen molar-refractivity contribution in [2.45, 2.75) is 12.3 Å². The second-order valence-corrected chi connectivity index (χ2v) is 3.08. The highest BCUT2D eigenvalue weighted by molar-refractivity contribution is 5.45. The summed E-state index contributed by atoms with van der Waals surface area (Å²) in [6.45, 7) is -1.62. The number of hydrogen-bond donors (Lipinski definition) is 0. The standard InChI is InChI=1S/C9H7F4NO3/c10-8(11)9(12,13)5-17-7-4-2-1-3-6(7)14(15)16/h1-4,8H,5H2. The van der Waals surface area contributed by atoms with Crippen molar-refractivity contribution >= 4 is 5.69 Å². The smallest absolute Gasteiger partial charge is 0.340 e. The summed E-state index contributed by atoms with van der Waals surface area (Å²) in [7, 11) is 0. The average molecular weight is 253 g/mol. The highest BCUT2D eigenvalue weighted by atomic mass is 19.3. The van der Waals surface area contributed by atoms with Crippen molar-refractivity contribution in [3.8, 4) is 5.75 Å². The zero-order valence-corrected chi connectivity index (χ0v) is 8.28. The summed E-state index contributed by atoms with van der Waals surface area (Å²) in [5.74, 6) is -4.82. The van der Waals surface area contributed by atoms with Gasteiger partial charge in [0.15, 0.2) is 12.4 Å². The van der Waals surface area contributed by atoms with Crippen LogP contribution in [0, 0.1) is 10.1 Å². The lowest BCUT2D eigenvalue weighted by Crippen LogP contribution is -2.33. The molecule has 0 aliphatic heterocycles. The maximum atomic E-state index is 12.5. The summed E-state index contributed by atoms with van der Waals surface area (Å²) in [5, 5.41) is 10.5. The van der Waals surface area contributed by atoms with E-state index in [2.05, 4.69) is 4.74 Å². The molecule has 8 heteroatoms. The average Bonchev–Trinajstić information content (AvgIpc) is 2.26. The van der Waals surface area contributed by atoms with E-state index in [1.54, 1.807) is 0 Å². The van der Waals surface area contributed by atoms with Gasteiger partial charge in [-0.1, -0.05) is 12.1 Å². The number of ether oxygens (including phenoxy) is 1. The van der Waals surface area contributed by atoms with Crippen LogP contribution in [0.4, 0.5) is 23.2 Å². The minimum atomic E-state index is -4.34. The number of para-hydroxylation sites is 2. The molecule has 1 aromatic rings. The van der Waals surface area contributed by atoms with E-state index in [-0.39, 0.29) is 0 Å². The van der Waals surface area contributed by atoms with Gasteiger partial charge in [0.1, 0.15) is 0 Å². The summed E-state index contributed by atoms with van der Waals surface area (Å²) in [4.78, 5) is 9.62. The fourth-order valence-corrected chi connectivity index (χ4v) is 0.967. The monoisotopic (exact) mass is 253 g/mol. The van der Waals surface area contributed by atoms with Crippen LogP contribution in [0.2, 0.25) is 0 Å². The third kappa shape index (κ3) is 3.30. The van der Waals surface area contributed by atoms with Crippen molar-refractivity contribution in [3.05, 3.63) is 34.4 Å². The van der Waals surface area contributed by atoms with Crippen molar-refractivity contribution in [2.75, 3.05) is 6.61 Å². The Bertz CT molecular complexity index is 411. The van der Waals surface area contributed by atoms with E-state index in [0.29, 0.717) is 0 Å². The normalized spacial score (nSPS) is 11.6. The first-order chi connectivity index (χ1) is 7.84. The number of nitro groups is 1.